The number of carbonyl (C=O) groups is 1. The van der Waals surface area contributed by atoms with Crippen LogP contribution in [-0.2, 0) is 21.0 Å². The summed E-state index contributed by atoms with van der Waals surface area (Å²) >= 11 is 0. The number of hydrogen-bond acceptors (Lipinski definition) is 3. The van der Waals surface area contributed by atoms with Crippen molar-refractivity contribution >= 4 is 16.0 Å². The Balaban J connectivity index is 2.18. The Hall–Kier alpha value is -1.61. The number of benzene rings is 1. The SMILES string of the molecule is O=C(O)C1CN(S(=O)(=O)c2ccc(C(F)(F)F)cc2)C1. The van der Waals surface area contributed by atoms with Crippen LogP contribution in [0.2, 0.25) is 0 Å². The first kappa shape index (κ1) is 14.8. The van der Waals surface area contributed by atoms with E-state index in [1.165, 1.54) is 0 Å². The molecule has 0 radical (unpaired) electrons. The zero-order valence-corrected chi connectivity index (χ0v) is 10.8. The maximum atomic E-state index is 12.4. The molecule has 1 saturated heterocycles. The minimum absolute atomic E-state index is 0.168. The van der Waals surface area contributed by atoms with Gasteiger partial charge in [-0.25, -0.2) is 8.42 Å². The van der Waals surface area contributed by atoms with Crippen molar-refractivity contribution in [3.63, 3.8) is 0 Å². The highest BCUT2D eigenvalue weighted by molar-refractivity contribution is 7.89. The zero-order valence-electron chi connectivity index (χ0n) is 9.96. The van der Waals surface area contributed by atoms with Gasteiger partial charge in [-0.3, -0.25) is 4.79 Å². The third-order valence-corrected chi connectivity index (χ3v) is 4.86. The van der Waals surface area contributed by atoms with Gasteiger partial charge in [0, 0.05) is 13.1 Å². The molecule has 0 atom stereocenters. The van der Waals surface area contributed by atoms with Crippen molar-refractivity contribution in [1.29, 1.82) is 0 Å². The lowest BCUT2D eigenvalue weighted by Gasteiger charge is -2.35. The van der Waals surface area contributed by atoms with Crippen LogP contribution < -0.4 is 0 Å². The molecule has 0 saturated carbocycles. The Bertz CT molecular complexity index is 618. The second-order valence-electron chi connectivity index (χ2n) is 4.38. The fourth-order valence-corrected chi connectivity index (χ4v) is 3.29. The fourth-order valence-electron chi connectivity index (χ4n) is 1.76. The van der Waals surface area contributed by atoms with E-state index in [-0.39, 0.29) is 18.0 Å². The van der Waals surface area contributed by atoms with Gasteiger partial charge in [-0.05, 0) is 24.3 Å². The molecular weight excluding hydrogens is 299 g/mol. The fraction of sp³-hybridized carbons (Fsp3) is 0.364. The number of sulfonamides is 1. The number of halogens is 3. The monoisotopic (exact) mass is 309 g/mol. The van der Waals surface area contributed by atoms with Gasteiger partial charge in [0.25, 0.3) is 0 Å². The Kier molecular flexibility index (Phi) is 3.51. The molecule has 1 N–H and O–H groups in total. The van der Waals surface area contributed by atoms with Crippen LogP contribution in [0.5, 0.6) is 0 Å². The van der Waals surface area contributed by atoms with Crippen molar-refractivity contribution in [2.24, 2.45) is 5.92 Å². The zero-order chi connectivity index (χ0) is 15.1. The number of alkyl halides is 3. The molecule has 0 aromatic heterocycles. The average Bonchev–Trinajstić information content (AvgIpc) is 2.25. The first-order valence-electron chi connectivity index (χ1n) is 5.52. The number of aliphatic carboxylic acids is 1. The van der Waals surface area contributed by atoms with E-state index in [9.17, 15) is 26.4 Å². The standard InChI is InChI=1S/C11H10F3NO4S/c12-11(13,14)8-1-3-9(4-2-8)20(18,19)15-5-7(6-15)10(16)17/h1-4,7H,5-6H2,(H,16,17). The molecule has 1 aliphatic heterocycles. The summed E-state index contributed by atoms with van der Waals surface area (Å²) in [5, 5.41) is 8.67. The van der Waals surface area contributed by atoms with Crippen LogP contribution in [0.25, 0.3) is 0 Å². The molecule has 1 fully saturated rings. The summed E-state index contributed by atoms with van der Waals surface area (Å²) < 4.78 is 62.0. The molecule has 1 heterocycles. The van der Waals surface area contributed by atoms with Crippen LogP contribution in [0.4, 0.5) is 13.2 Å². The summed E-state index contributed by atoms with van der Waals surface area (Å²) in [6.07, 6.45) is -4.53. The quantitative estimate of drug-likeness (QED) is 0.916. The first-order chi connectivity index (χ1) is 9.12. The summed E-state index contributed by atoms with van der Waals surface area (Å²) in [5.74, 6) is -1.86. The van der Waals surface area contributed by atoms with E-state index in [0.29, 0.717) is 12.1 Å². The maximum absolute atomic E-state index is 12.4. The summed E-state index contributed by atoms with van der Waals surface area (Å²) in [6, 6.07) is 3.10. The van der Waals surface area contributed by atoms with Crippen LogP contribution in [0.15, 0.2) is 29.2 Å². The van der Waals surface area contributed by atoms with Gasteiger partial charge in [-0.2, -0.15) is 17.5 Å². The van der Waals surface area contributed by atoms with E-state index in [1.54, 1.807) is 0 Å². The Morgan fingerprint density at radius 1 is 1.20 bits per heavy atom. The molecule has 20 heavy (non-hydrogen) atoms. The number of hydrogen-bond donors (Lipinski definition) is 1. The van der Waals surface area contributed by atoms with Crippen molar-refractivity contribution < 1.29 is 31.5 Å². The molecule has 1 aromatic rings. The summed E-state index contributed by atoms with van der Waals surface area (Å²) in [5.41, 5.74) is -0.941. The van der Waals surface area contributed by atoms with E-state index < -0.39 is 33.7 Å². The molecular formula is C11H10F3NO4S. The predicted molar refractivity (Wildman–Crippen MR) is 61.3 cm³/mol. The molecule has 0 amide bonds. The third kappa shape index (κ3) is 2.63. The molecule has 1 aliphatic rings. The number of rotatable bonds is 3. The first-order valence-corrected chi connectivity index (χ1v) is 6.96. The van der Waals surface area contributed by atoms with Crippen LogP contribution in [0.1, 0.15) is 5.56 Å². The number of nitrogens with zero attached hydrogens (tertiary/aromatic N) is 1. The molecule has 1 aromatic carbocycles. The molecule has 0 spiro atoms. The number of carboxylic acid groups (broad SMARTS) is 1. The van der Waals surface area contributed by atoms with E-state index in [0.717, 1.165) is 16.4 Å². The van der Waals surface area contributed by atoms with Crippen LogP contribution in [0.3, 0.4) is 0 Å². The van der Waals surface area contributed by atoms with Crippen molar-refractivity contribution in [2.45, 2.75) is 11.1 Å². The smallest absolute Gasteiger partial charge is 0.416 e. The van der Waals surface area contributed by atoms with Crippen molar-refractivity contribution in [2.75, 3.05) is 13.1 Å². The lowest BCUT2D eigenvalue weighted by Crippen LogP contribution is -2.52. The lowest BCUT2D eigenvalue weighted by molar-refractivity contribution is -0.145. The van der Waals surface area contributed by atoms with Crippen molar-refractivity contribution in [3.05, 3.63) is 29.8 Å². The second-order valence-corrected chi connectivity index (χ2v) is 6.32. The topological polar surface area (TPSA) is 74.7 Å². The minimum Gasteiger partial charge on any atom is -0.481 e. The van der Waals surface area contributed by atoms with Gasteiger partial charge in [-0.1, -0.05) is 0 Å². The third-order valence-electron chi connectivity index (χ3n) is 3.02. The Morgan fingerprint density at radius 2 is 1.70 bits per heavy atom. The maximum Gasteiger partial charge on any atom is 0.416 e. The highest BCUT2D eigenvalue weighted by atomic mass is 32.2. The molecule has 110 valence electrons. The highest BCUT2D eigenvalue weighted by Gasteiger charge is 2.40. The number of carboxylic acids is 1. The van der Waals surface area contributed by atoms with Crippen LogP contribution in [-0.4, -0.2) is 36.9 Å². The molecule has 0 unspecified atom stereocenters. The summed E-state index contributed by atoms with van der Waals surface area (Å²) in [7, 11) is -3.93. The average molecular weight is 309 g/mol. The summed E-state index contributed by atoms with van der Waals surface area (Å²) in [6.45, 7) is -0.336. The van der Waals surface area contributed by atoms with E-state index in [4.69, 9.17) is 5.11 Å². The second kappa shape index (κ2) is 4.74. The van der Waals surface area contributed by atoms with Gasteiger partial charge < -0.3 is 5.11 Å². The van der Waals surface area contributed by atoms with Gasteiger partial charge in [0.05, 0.1) is 16.4 Å². The highest BCUT2D eigenvalue weighted by Crippen LogP contribution is 2.31. The van der Waals surface area contributed by atoms with Gasteiger partial charge >= 0.3 is 12.1 Å². The van der Waals surface area contributed by atoms with E-state index in [2.05, 4.69) is 0 Å². The van der Waals surface area contributed by atoms with Crippen LogP contribution >= 0.6 is 0 Å². The van der Waals surface area contributed by atoms with Crippen molar-refractivity contribution in [1.82, 2.24) is 4.31 Å². The molecule has 9 heteroatoms. The Labute approximate surface area is 112 Å². The molecule has 0 aliphatic carbocycles. The van der Waals surface area contributed by atoms with Crippen LogP contribution in [0, 0.1) is 5.92 Å². The van der Waals surface area contributed by atoms with E-state index >= 15 is 0 Å². The molecule has 5 nitrogen and oxygen atoms in total. The lowest BCUT2D eigenvalue weighted by atomic mass is 10.0. The summed E-state index contributed by atoms with van der Waals surface area (Å²) in [4.78, 5) is 10.3. The largest absolute Gasteiger partial charge is 0.481 e. The van der Waals surface area contributed by atoms with Gasteiger partial charge in [0.1, 0.15) is 0 Å². The van der Waals surface area contributed by atoms with Crippen molar-refractivity contribution in [3.8, 4) is 0 Å². The normalized spacial score (nSPS) is 17.8. The predicted octanol–water partition coefficient (Wildman–Crippen LogP) is 1.41. The minimum atomic E-state index is -4.53. The molecule has 2 rings (SSSR count). The molecule has 0 bridgehead atoms. The van der Waals surface area contributed by atoms with Gasteiger partial charge in [-0.15, -0.1) is 0 Å². The van der Waals surface area contributed by atoms with Gasteiger partial charge in [0.15, 0.2) is 0 Å². The van der Waals surface area contributed by atoms with Gasteiger partial charge in [0.2, 0.25) is 10.0 Å². The van der Waals surface area contributed by atoms with E-state index in [1.807, 2.05) is 0 Å². The Morgan fingerprint density at radius 3 is 2.10 bits per heavy atom.